The van der Waals surface area contributed by atoms with E-state index in [4.69, 9.17) is 19.9 Å². The molecule has 204 valence electrons. The van der Waals surface area contributed by atoms with Gasteiger partial charge in [-0.1, -0.05) is 6.92 Å². The second-order valence-electron chi connectivity index (χ2n) is 10.9. The van der Waals surface area contributed by atoms with Crippen molar-refractivity contribution in [1.82, 2.24) is 9.21 Å². The lowest BCUT2D eigenvalue weighted by atomic mass is 9.89. The maximum atomic E-state index is 12.7. The first-order chi connectivity index (χ1) is 16.8. The van der Waals surface area contributed by atoms with Gasteiger partial charge in [-0.2, -0.15) is 0 Å². The summed E-state index contributed by atoms with van der Waals surface area (Å²) >= 11 is 0. The molecule has 0 aromatic rings. The van der Waals surface area contributed by atoms with Crippen LogP contribution >= 0.6 is 0 Å². The Morgan fingerprint density at radius 1 is 1.25 bits per heavy atom. The van der Waals surface area contributed by atoms with Gasteiger partial charge in [-0.3, -0.25) is 0 Å². The van der Waals surface area contributed by atoms with Crippen LogP contribution in [0.3, 0.4) is 0 Å². The van der Waals surface area contributed by atoms with Gasteiger partial charge in [-0.15, -0.1) is 0 Å². The van der Waals surface area contributed by atoms with Gasteiger partial charge in [0.1, 0.15) is 23.1 Å². The van der Waals surface area contributed by atoms with Gasteiger partial charge in [-0.05, 0) is 46.6 Å². The molecule has 2 fully saturated rings. The summed E-state index contributed by atoms with van der Waals surface area (Å²) in [5, 5.41) is 0. The Morgan fingerprint density at radius 3 is 2.44 bits per heavy atom. The van der Waals surface area contributed by atoms with Gasteiger partial charge >= 0.3 is 6.09 Å². The Bertz CT molecular complexity index is 1010. The van der Waals surface area contributed by atoms with Crippen molar-refractivity contribution >= 4 is 22.5 Å². The SMILES string of the molecule is CCC1(OC2=CC3CCN(C(=O)OC(C)(C)C)CCC3OC(N=CN)=C2C)CCN(S(C)(=O)=O)CC1. The van der Waals surface area contributed by atoms with Crippen molar-refractivity contribution in [2.45, 2.75) is 84.0 Å². The monoisotopic (exact) mass is 526 g/mol. The second kappa shape index (κ2) is 11.0. The van der Waals surface area contributed by atoms with Crippen LogP contribution in [0.15, 0.2) is 28.3 Å². The molecule has 0 radical (unpaired) electrons. The van der Waals surface area contributed by atoms with Crippen molar-refractivity contribution in [1.29, 1.82) is 0 Å². The zero-order valence-electron chi connectivity index (χ0n) is 22.5. The molecule has 0 saturated carbocycles. The van der Waals surface area contributed by atoms with Crippen LogP contribution in [-0.4, -0.2) is 79.8 Å². The molecule has 0 aliphatic carbocycles. The molecular formula is C25H42N4O6S. The van der Waals surface area contributed by atoms with Crippen molar-refractivity contribution in [2.75, 3.05) is 32.4 Å². The molecule has 2 atom stereocenters. The number of likely N-dealkylation sites (tertiary alicyclic amines) is 1. The number of nitrogens with two attached hydrogens (primary N) is 1. The molecule has 2 N–H and O–H groups in total. The van der Waals surface area contributed by atoms with Gasteiger partial charge in [-0.25, -0.2) is 22.5 Å². The molecule has 3 aliphatic heterocycles. The molecule has 0 bridgehead atoms. The standard InChI is InChI=1S/C25H42N4O6S/c1-7-25(10-14-29(15-11-25)36(6,31)32)34-21-16-19-8-12-28(23(30)35-24(3,4)5)13-9-20(19)33-22(18(21)2)27-17-26/h16-17,19-20H,7-15H2,1-6H3,(H2,26,27). The first-order valence-corrected chi connectivity index (χ1v) is 14.6. The molecule has 3 aliphatic rings. The number of aliphatic imine (C=N–C) groups is 1. The van der Waals surface area contributed by atoms with Gasteiger partial charge in [0, 0.05) is 51.4 Å². The predicted octanol–water partition coefficient (Wildman–Crippen LogP) is 3.36. The van der Waals surface area contributed by atoms with Crippen LogP contribution in [-0.2, 0) is 24.2 Å². The maximum absolute atomic E-state index is 12.7. The molecule has 2 saturated heterocycles. The van der Waals surface area contributed by atoms with Crippen LogP contribution in [0.2, 0.25) is 0 Å². The highest BCUT2D eigenvalue weighted by molar-refractivity contribution is 7.88. The normalized spacial score (nSPS) is 25.9. The highest BCUT2D eigenvalue weighted by atomic mass is 32.2. The summed E-state index contributed by atoms with van der Waals surface area (Å²) < 4.78 is 44.2. The third-order valence-electron chi connectivity index (χ3n) is 7.13. The van der Waals surface area contributed by atoms with E-state index in [1.54, 1.807) is 4.90 Å². The molecule has 3 rings (SSSR count). The minimum absolute atomic E-state index is 0.00197. The maximum Gasteiger partial charge on any atom is 0.410 e. The summed E-state index contributed by atoms with van der Waals surface area (Å²) in [5.41, 5.74) is 5.34. The van der Waals surface area contributed by atoms with Crippen molar-refractivity contribution in [3.63, 3.8) is 0 Å². The fraction of sp³-hybridized carbons (Fsp3) is 0.760. The Hall–Kier alpha value is -2.27. The van der Waals surface area contributed by atoms with E-state index < -0.39 is 21.2 Å². The summed E-state index contributed by atoms with van der Waals surface area (Å²) in [6, 6.07) is 0. The van der Waals surface area contributed by atoms with Crippen molar-refractivity contribution < 1.29 is 27.4 Å². The first-order valence-electron chi connectivity index (χ1n) is 12.7. The van der Waals surface area contributed by atoms with Gasteiger partial charge in [0.2, 0.25) is 15.9 Å². The number of sulfonamides is 1. The number of carbonyl (C=O) groups is 1. The Balaban J connectivity index is 1.84. The number of ether oxygens (including phenoxy) is 3. The van der Waals surface area contributed by atoms with Crippen LogP contribution in [0.25, 0.3) is 0 Å². The van der Waals surface area contributed by atoms with Gasteiger partial charge < -0.3 is 24.8 Å². The van der Waals surface area contributed by atoms with Crippen LogP contribution in [0.1, 0.15) is 66.7 Å². The minimum Gasteiger partial charge on any atom is -0.487 e. The summed E-state index contributed by atoms with van der Waals surface area (Å²) in [5.74, 6) is 1.09. The smallest absolute Gasteiger partial charge is 0.410 e. The molecule has 0 spiro atoms. The quantitative estimate of drug-likeness (QED) is 0.430. The molecule has 36 heavy (non-hydrogen) atoms. The van der Waals surface area contributed by atoms with E-state index in [1.165, 1.54) is 16.9 Å². The largest absolute Gasteiger partial charge is 0.487 e. The zero-order valence-corrected chi connectivity index (χ0v) is 23.3. The van der Waals surface area contributed by atoms with Crippen molar-refractivity contribution in [3.05, 3.63) is 23.3 Å². The number of amides is 1. The number of hydrogen-bond donors (Lipinski definition) is 1. The average molecular weight is 527 g/mol. The van der Waals surface area contributed by atoms with Gasteiger partial charge in [0.05, 0.1) is 18.2 Å². The molecular weight excluding hydrogens is 484 g/mol. The number of fused-ring (bicyclic) bond motifs is 1. The van der Waals surface area contributed by atoms with Crippen molar-refractivity contribution in [3.8, 4) is 0 Å². The van der Waals surface area contributed by atoms with Crippen LogP contribution in [0, 0.1) is 5.92 Å². The van der Waals surface area contributed by atoms with Crippen LogP contribution < -0.4 is 5.73 Å². The highest BCUT2D eigenvalue weighted by Crippen LogP contribution is 2.39. The fourth-order valence-electron chi connectivity index (χ4n) is 4.89. The van der Waals surface area contributed by atoms with E-state index in [2.05, 4.69) is 18.0 Å². The predicted molar refractivity (Wildman–Crippen MR) is 139 cm³/mol. The van der Waals surface area contributed by atoms with Crippen molar-refractivity contribution in [2.24, 2.45) is 16.6 Å². The summed E-state index contributed by atoms with van der Waals surface area (Å²) in [7, 11) is -3.24. The minimum atomic E-state index is -3.24. The number of hydrogen-bond acceptors (Lipinski definition) is 7. The zero-order chi connectivity index (χ0) is 26.7. The summed E-state index contributed by atoms with van der Waals surface area (Å²) in [6.45, 7) is 11.4. The molecule has 1 amide bonds. The molecule has 3 heterocycles. The number of piperidine rings is 1. The number of allylic oxidation sites excluding steroid dienone is 1. The lowest BCUT2D eigenvalue weighted by molar-refractivity contribution is -0.0354. The highest BCUT2D eigenvalue weighted by Gasteiger charge is 2.40. The Morgan fingerprint density at radius 2 is 1.89 bits per heavy atom. The lowest BCUT2D eigenvalue weighted by Crippen LogP contribution is -2.47. The fourth-order valence-corrected chi connectivity index (χ4v) is 5.74. The second-order valence-corrected chi connectivity index (χ2v) is 12.9. The van der Waals surface area contributed by atoms with Gasteiger partial charge in [0.15, 0.2) is 0 Å². The number of nitrogens with zero attached hydrogens (tertiary/aromatic N) is 3. The third kappa shape index (κ3) is 6.94. The van der Waals surface area contributed by atoms with E-state index in [-0.39, 0.29) is 18.1 Å². The first kappa shape index (κ1) is 28.3. The Labute approximate surface area is 215 Å². The molecule has 10 nitrogen and oxygen atoms in total. The van der Waals surface area contributed by atoms with E-state index in [1.807, 2.05) is 27.7 Å². The number of carbonyl (C=O) groups excluding carboxylic acids is 1. The Kier molecular flexibility index (Phi) is 8.65. The average Bonchev–Trinajstić information content (AvgIpc) is 3.04. The number of rotatable bonds is 5. The molecule has 11 heteroatoms. The summed E-state index contributed by atoms with van der Waals surface area (Å²) in [6.07, 6.45) is 7.26. The van der Waals surface area contributed by atoms with Crippen LogP contribution in [0.5, 0.6) is 0 Å². The topological polar surface area (TPSA) is 124 Å². The lowest BCUT2D eigenvalue weighted by Gasteiger charge is -2.41. The van der Waals surface area contributed by atoms with E-state index >= 15 is 0 Å². The van der Waals surface area contributed by atoms with E-state index in [0.717, 1.165) is 12.0 Å². The molecule has 0 aromatic carbocycles. The van der Waals surface area contributed by atoms with E-state index in [9.17, 15) is 13.2 Å². The van der Waals surface area contributed by atoms with Gasteiger partial charge in [0.25, 0.3) is 0 Å². The molecule has 2 unspecified atom stereocenters. The summed E-state index contributed by atoms with van der Waals surface area (Å²) in [4.78, 5) is 18.7. The van der Waals surface area contributed by atoms with E-state index in [0.29, 0.717) is 63.5 Å². The van der Waals surface area contributed by atoms with Crippen LogP contribution in [0.4, 0.5) is 4.79 Å². The third-order valence-corrected chi connectivity index (χ3v) is 8.43. The molecule has 0 aromatic heterocycles.